The fraction of sp³-hybridized carbons (Fsp3) is 0.333. The summed E-state index contributed by atoms with van der Waals surface area (Å²) in [6.07, 6.45) is 3.91. The average Bonchev–Trinajstić information content (AvgIpc) is 3.04. The quantitative estimate of drug-likeness (QED) is 0.941. The van der Waals surface area contributed by atoms with Gasteiger partial charge >= 0.3 is 0 Å². The van der Waals surface area contributed by atoms with Crippen LogP contribution in [0.1, 0.15) is 44.7 Å². The van der Waals surface area contributed by atoms with Crippen molar-refractivity contribution in [3.05, 3.63) is 40.2 Å². The first kappa shape index (κ1) is 13.9. The molecule has 2 heterocycles. The summed E-state index contributed by atoms with van der Waals surface area (Å²) in [6.45, 7) is 2.14. The summed E-state index contributed by atoms with van der Waals surface area (Å²) in [4.78, 5) is 24.5. The van der Waals surface area contributed by atoms with E-state index in [1.54, 1.807) is 6.07 Å². The molecule has 6 heteroatoms. The summed E-state index contributed by atoms with van der Waals surface area (Å²) in [6, 6.07) is 3.14. The normalized spacial score (nSPS) is 17.3. The molecule has 0 radical (unpaired) electrons. The monoisotopic (exact) mass is 304 g/mol. The number of furan rings is 1. The molecule has 0 aliphatic heterocycles. The number of carboxylic acids is 1. The molecule has 21 heavy (non-hydrogen) atoms. The molecule has 0 spiro atoms. The Morgan fingerprint density at radius 1 is 1.48 bits per heavy atom. The Morgan fingerprint density at radius 3 is 2.95 bits per heavy atom. The Bertz CT molecular complexity index is 687. The van der Waals surface area contributed by atoms with E-state index in [0.29, 0.717) is 17.3 Å². The van der Waals surface area contributed by atoms with Crippen LogP contribution >= 0.6 is 11.3 Å². The highest BCUT2D eigenvalue weighted by Crippen LogP contribution is 2.39. The molecule has 0 saturated heterocycles. The van der Waals surface area contributed by atoms with Crippen molar-refractivity contribution < 1.29 is 19.1 Å². The Hall–Kier alpha value is -2.08. The predicted molar refractivity (Wildman–Crippen MR) is 76.5 cm³/mol. The number of aromatic carboxylic acids is 1. The van der Waals surface area contributed by atoms with Gasteiger partial charge in [0.15, 0.2) is 5.76 Å². The van der Waals surface area contributed by atoms with Crippen LogP contribution in [0.25, 0.3) is 0 Å². The molecule has 2 aromatic heterocycles. The fourth-order valence-corrected chi connectivity index (χ4v) is 4.02. The second kappa shape index (κ2) is 5.37. The topological polar surface area (TPSA) is 82.4 Å². The lowest BCUT2D eigenvalue weighted by Crippen LogP contribution is -2.26. The SMILES string of the molecule is CC1CCc2c(sc(NC(=O)c3ccco3)c2C(=O)[O-])C1. The van der Waals surface area contributed by atoms with Crippen LogP contribution in [0.5, 0.6) is 0 Å². The molecule has 0 bridgehead atoms. The van der Waals surface area contributed by atoms with Gasteiger partial charge in [0.05, 0.1) is 12.2 Å². The van der Waals surface area contributed by atoms with Crippen LogP contribution in [0, 0.1) is 5.92 Å². The van der Waals surface area contributed by atoms with E-state index in [1.807, 2.05) is 0 Å². The Balaban J connectivity index is 1.95. The summed E-state index contributed by atoms with van der Waals surface area (Å²) >= 11 is 1.33. The largest absolute Gasteiger partial charge is 0.545 e. The van der Waals surface area contributed by atoms with Crippen LogP contribution in [0.3, 0.4) is 0 Å². The molecule has 2 aromatic rings. The van der Waals surface area contributed by atoms with Crippen LogP contribution in [-0.4, -0.2) is 11.9 Å². The van der Waals surface area contributed by atoms with E-state index >= 15 is 0 Å². The first-order valence-corrected chi connectivity index (χ1v) is 7.58. The number of amides is 1. The number of carbonyl (C=O) groups is 2. The van der Waals surface area contributed by atoms with Crippen molar-refractivity contribution in [2.45, 2.75) is 26.2 Å². The highest BCUT2D eigenvalue weighted by molar-refractivity contribution is 7.17. The molecule has 1 aliphatic rings. The third-order valence-electron chi connectivity index (χ3n) is 3.69. The summed E-state index contributed by atoms with van der Waals surface area (Å²) < 4.78 is 5.02. The van der Waals surface area contributed by atoms with Gasteiger partial charge in [-0.05, 0) is 42.9 Å². The van der Waals surface area contributed by atoms with Crippen LogP contribution in [0.4, 0.5) is 5.00 Å². The highest BCUT2D eigenvalue weighted by Gasteiger charge is 2.25. The molecule has 0 saturated carbocycles. The summed E-state index contributed by atoms with van der Waals surface area (Å²) in [7, 11) is 0. The Labute approximate surface area is 125 Å². The van der Waals surface area contributed by atoms with Gasteiger partial charge in [0.25, 0.3) is 5.91 Å². The van der Waals surface area contributed by atoms with Crippen LogP contribution < -0.4 is 10.4 Å². The smallest absolute Gasteiger partial charge is 0.291 e. The van der Waals surface area contributed by atoms with Crippen molar-refractivity contribution in [1.82, 2.24) is 0 Å². The standard InChI is InChI=1S/C15H15NO4S/c1-8-4-5-9-11(7-8)21-14(12(9)15(18)19)16-13(17)10-3-2-6-20-10/h2-3,6,8H,4-5,7H2,1H3,(H,16,17)(H,18,19)/p-1. The fourth-order valence-electron chi connectivity index (χ4n) is 2.63. The van der Waals surface area contributed by atoms with Crippen LogP contribution in [0.2, 0.25) is 0 Å². The van der Waals surface area contributed by atoms with E-state index in [1.165, 1.54) is 23.7 Å². The molecule has 1 N–H and O–H groups in total. The number of carbonyl (C=O) groups excluding carboxylic acids is 2. The zero-order valence-corrected chi connectivity index (χ0v) is 12.3. The minimum Gasteiger partial charge on any atom is -0.545 e. The average molecular weight is 304 g/mol. The van der Waals surface area contributed by atoms with Crippen LogP contribution in [0.15, 0.2) is 22.8 Å². The first-order chi connectivity index (χ1) is 10.1. The minimum absolute atomic E-state index is 0.127. The molecule has 1 unspecified atom stereocenters. The number of fused-ring (bicyclic) bond motifs is 1. The van der Waals surface area contributed by atoms with E-state index in [4.69, 9.17) is 4.42 Å². The summed E-state index contributed by atoms with van der Waals surface area (Å²) in [5, 5.41) is 14.4. The maximum absolute atomic E-state index is 12.0. The van der Waals surface area contributed by atoms with Gasteiger partial charge in [0.2, 0.25) is 0 Å². The van der Waals surface area contributed by atoms with Gasteiger partial charge in [-0.3, -0.25) is 4.79 Å². The number of anilines is 1. The maximum atomic E-state index is 12.0. The summed E-state index contributed by atoms with van der Waals surface area (Å²) in [5.74, 6) is -1.01. The third-order valence-corrected chi connectivity index (χ3v) is 4.86. The van der Waals surface area contributed by atoms with E-state index in [0.717, 1.165) is 23.3 Å². The van der Waals surface area contributed by atoms with Gasteiger partial charge in [0.1, 0.15) is 5.00 Å². The number of thiophene rings is 1. The second-order valence-electron chi connectivity index (χ2n) is 5.27. The molecule has 1 aliphatic carbocycles. The van der Waals surface area contributed by atoms with Gasteiger partial charge in [-0.2, -0.15) is 0 Å². The van der Waals surface area contributed by atoms with Crippen molar-refractivity contribution in [2.75, 3.05) is 5.32 Å². The number of carboxylic acid groups (broad SMARTS) is 1. The molecule has 3 rings (SSSR count). The Kier molecular flexibility index (Phi) is 3.55. The van der Waals surface area contributed by atoms with Crippen molar-refractivity contribution in [3.8, 4) is 0 Å². The van der Waals surface area contributed by atoms with Crippen molar-refractivity contribution >= 4 is 28.2 Å². The zero-order chi connectivity index (χ0) is 15.0. The van der Waals surface area contributed by atoms with Crippen LogP contribution in [-0.2, 0) is 12.8 Å². The van der Waals surface area contributed by atoms with Crippen molar-refractivity contribution in [3.63, 3.8) is 0 Å². The van der Waals surface area contributed by atoms with E-state index in [9.17, 15) is 14.7 Å². The van der Waals surface area contributed by atoms with E-state index < -0.39 is 11.9 Å². The van der Waals surface area contributed by atoms with Crippen molar-refractivity contribution in [2.24, 2.45) is 5.92 Å². The van der Waals surface area contributed by atoms with Gasteiger partial charge in [0, 0.05) is 10.4 Å². The molecule has 110 valence electrons. The zero-order valence-electron chi connectivity index (χ0n) is 11.5. The molecule has 0 fully saturated rings. The lowest BCUT2D eigenvalue weighted by molar-refractivity contribution is -0.254. The maximum Gasteiger partial charge on any atom is 0.291 e. The Morgan fingerprint density at radius 2 is 2.29 bits per heavy atom. The lowest BCUT2D eigenvalue weighted by Gasteiger charge is -2.19. The molecular weight excluding hydrogens is 290 g/mol. The van der Waals surface area contributed by atoms with E-state index in [2.05, 4.69) is 12.2 Å². The van der Waals surface area contributed by atoms with Crippen molar-refractivity contribution in [1.29, 1.82) is 0 Å². The molecule has 5 nitrogen and oxygen atoms in total. The first-order valence-electron chi connectivity index (χ1n) is 6.77. The predicted octanol–water partition coefficient (Wildman–Crippen LogP) is 2.08. The minimum atomic E-state index is -1.24. The molecule has 1 atom stereocenters. The number of nitrogens with one attached hydrogen (secondary N) is 1. The van der Waals surface area contributed by atoms with Gasteiger partial charge < -0.3 is 19.6 Å². The number of rotatable bonds is 3. The molecule has 1 amide bonds. The number of hydrogen-bond donors (Lipinski definition) is 1. The second-order valence-corrected chi connectivity index (χ2v) is 6.38. The van der Waals surface area contributed by atoms with Gasteiger partial charge in [-0.1, -0.05) is 6.92 Å². The molecular formula is C15H14NO4S-. The number of hydrogen-bond acceptors (Lipinski definition) is 5. The van der Waals surface area contributed by atoms with E-state index in [-0.39, 0.29) is 11.3 Å². The van der Waals surface area contributed by atoms with Gasteiger partial charge in [-0.25, -0.2) is 0 Å². The lowest BCUT2D eigenvalue weighted by atomic mass is 9.88. The third kappa shape index (κ3) is 2.58. The molecule has 0 aromatic carbocycles. The summed E-state index contributed by atoms with van der Waals surface area (Å²) in [5.41, 5.74) is 0.939. The van der Waals surface area contributed by atoms with Gasteiger partial charge in [-0.15, -0.1) is 11.3 Å². The highest BCUT2D eigenvalue weighted by atomic mass is 32.1.